The van der Waals surface area contributed by atoms with E-state index in [0.717, 1.165) is 43.1 Å². The van der Waals surface area contributed by atoms with E-state index in [1.54, 1.807) is 11.0 Å². The molecule has 3 aromatic heterocycles. The molecule has 0 aliphatic carbocycles. The normalized spacial score (nSPS) is 18.7. The first-order valence-corrected chi connectivity index (χ1v) is 14.3. The van der Waals surface area contributed by atoms with Crippen LogP contribution in [0.15, 0.2) is 34.1 Å². The Morgan fingerprint density at radius 3 is 2.82 bits per heavy atom. The first-order chi connectivity index (χ1) is 19.1. The number of aromatic nitrogens is 4. The van der Waals surface area contributed by atoms with Crippen LogP contribution in [0.4, 0.5) is 0 Å². The van der Waals surface area contributed by atoms with E-state index in [9.17, 15) is 9.59 Å². The standard InChI is InChI=1S/C26H35N7O5S/c1-19-7-8-21(38-19)25-28-30-33(29-25)18-23(34)32(10-4-9-31-11-14-36-15-12-31)24(22-6-3-16-39-22)26(35)27-17-20-5-2-13-37-20/h3,6-8,16,20,24H,2,4-5,9-15,17-18H2,1H3,(H,27,35). The Hall–Kier alpha value is -3.13. The molecule has 5 rings (SSSR count). The lowest BCUT2D eigenvalue weighted by atomic mass is 10.1. The average molecular weight is 558 g/mol. The molecule has 3 aromatic rings. The Balaban J connectivity index is 1.32. The second-order valence-electron chi connectivity index (χ2n) is 9.75. The summed E-state index contributed by atoms with van der Waals surface area (Å²) in [4.78, 5) is 33.4. The largest absolute Gasteiger partial charge is 0.458 e. The number of nitrogens with zero attached hydrogens (tertiary/aromatic N) is 6. The fourth-order valence-corrected chi connectivity index (χ4v) is 5.68. The molecule has 2 aliphatic heterocycles. The van der Waals surface area contributed by atoms with Gasteiger partial charge in [-0.15, -0.1) is 21.5 Å². The summed E-state index contributed by atoms with van der Waals surface area (Å²) in [6, 6.07) is 6.61. The zero-order valence-corrected chi connectivity index (χ0v) is 23.0. The Labute approximate surface area is 231 Å². The number of carbonyl (C=O) groups excluding carboxylic acids is 2. The Bertz CT molecular complexity index is 1200. The zero-order chi connectivity index (χ0) is 27.0. The Morgan fingerprint density at radius 1 is 1.23 bits per heavy atom. The zero-order valence-electron chi connectivity index (χ0n) is 22.2. The van der Waals surface area contributed by atoms with E-state index in [2.05, 4.69) is 25.6 Å². The van der Waals surface area contributed by atoms with Crippen molar-refractivity contribution in [3.05, 3.63) is 40.3 Å². The predicted octanol–water partition coefficient (Wildman–Crippen LogP) is 1.89. The molecule has 2 unspecified atom stereocenters. The highest BCUT2D eigenvalue weighted by atomic mass is 32.1. The van der Waals surface area contributed by atoms with E-state index in [1.165, 1.54) is 16.1 Å². The van der Waals surface area contributed by atoms with E-state index < -0.39 is 6.04 Å². The van der Waals surface area contributed by atoms with Crippen molar-refractivity contribution >= 4 is 23.2 Å². The quantitative estimate of drug-likeness (QED) is 0.355. The van der Waals surface area contributed by atoms with Gasteiger partial charge < -0.3 is 24.1 Å². The summed E-state index contributed by atoms with van der Waals surface area (Å²) in [7, 11) is 0. The second kappa shape index (κ2) is 13.3. The number of furan rings is 1. The smallest absolute Gasteiger partial charge is 0.248 e. The average Bonchev–Trinajstić information content (AvgIpc) is 3.76. The van der Waals surface area contributed by atoms with Gasteiger partial charge in [-0.2, -0.15) is 4.80 Å². The maximum absolute atomic E-state index is 13.8. The number of nitrogens with one attached hydrogen (secondary N) is 1. The highest BCUT2D eigenvalue weighted by molar-refractivity contribution is 7.10. The van der Waals surface area contributed by atoms with Gasteiger partial charge >= 0.3 is 0 Å². The van der Waals surface area contributed by atoms with Gasteiger partial charge in [-0.1, -0.05) is 6.07 Å². The lowest BCUT2D eigenvalue weighted by Crippen LogP contribution is -2.47. The van der Waals surface area contributed by atoms with Crippen LogP contribution in [0.3, 0.4) is 0 Å². The van der Waals surface area contributed by atoms with Crippen molar-refractivity contribution in [2.24, 2.45) is 0 Å². The number of aryl methyl sites for hydroxylation is 1. The number of ether oxygens (including phenoxy) is 2. The van der Waals surface area contributed by atoms with E-state index in [4.69, 9.17) is 13.9 Å². The molecule has 1 N–H and O–H groups in total. The fourth-order valence-electron chi connectivity index (χ4n) is 4.85. The molecule has 0 bridgehead atoms. The minimum atomic E-state index is -0.765. The van der Waals surface area contributed by atoms with Crippen molar-refractivity contribution in [1.29, 1.82) is 0 Å². The van der Waals surface area contributed by atoms with Crippen LogP contribution in [-0.2, 0) is 25.6 Å². The van der Waals surface area contributed by atoms with Gasteiger partial charge in [0.2, 0.25) is 17.6 Å². The number of tetrazole rings is 1. The lowest BCUT2D eigenvalue weighted by molar-refractivity contribution is -0.142. The summed E-state index contributed by atoms with van der Waals surface area (Å²) < 4.78 is 16.7. The van der Waals surface area contributed by atoms with Crippen molar-refractivity contribution in [2.45, 2.75) is 44.9 Å². The molecule has 2 atom stereocenters. The summed E-state index contributed by atoms with van der Waals surface area (Å²) >= 11 is 1.46. The van der Waals surface area contributed by atoms with Gasteiger partial charge in [0.25, 0.3) is 0 Å². The van der Waals surface area contributed by atoms with Crippen molar-refractivity contribution < 1.29 is 23.5 Å². The predicted molar refractivity (Wildman–Crippen MR) is 143 cm³/mol. The number of thiophene rings is 1. The molecule has 5 heterocycles. The highest BCUT2D eigenvalue weighted by Gasteiger charge is 2.33. The molecule has 0 saturated carbocycles. The molecule has 0 spiro atoms. The maximum Gasteiger partial charge on any atom is 0.248 e. The molecule has 2 aliphatic rings. The van der Waals surface area contributed by atoms with Crippen molar-refractivity contribution in [1.82, 2.24) is 35.3 Å². The van der Waals surface area contributed by atoms with Gasteiger partial charge in [-0.3, -0.25) is 14.5 Å². The third-order valence-electron chi connectivity index (χ3n) is 6.89. The van der Waals surface area contributed by atoms with E-state index in [0.29, 0.717) is 50.9 Å². The number of hydrogen-bond acceptors (Lipinski definition) is 10. The topological polar surface area (TPSA) is 128 Å². The molecule has 13 heteroatoms. The van der Waals surface area contributed by atoms with Crippen molar-refractivity contribution in [2.75, 3.05) is 52.5 Å². The van der Waals surface area contributed by atoms with Crippen LogP contribution < -0.4 is 5.32 Å². The summed E-state index contributed by atoms with van der Waals surface area (Å²) in [5.74, 6) is 1.04. The summed E-state index contributed by atoms with van der Waals surface area (Å²) in [6.07, 6.45) is 2.63. The summed E-state index contributed by atoms with van der Waals surface area (Å²) in [5.41, 5.74) is 0. The van der Waals surface area contributed by atoms with Crippen LogP contribution in [0.25, 0.3) is 11.6 Å². The minimum absolute atomic E-state index is 0.00594. The van der Waals surface area contributed by atoms with Gasteiger partial charge in [-0.25, -0.2) is 0 Å². The molecule has 2 amide bonds. The molecule has 2 fully saturated rings. The van der Waals surface area contributed by atoms with E-state index in [-0.39, 0.29) is 24.5 Å². The monoisotopic (exact) mass is 557 g/mol. The van der Waals surface area contributed by atoms with Crippen LogP contribution in [0.1, 0.15) is 35.9 Å². The van der Waals surface area contributed by atoms with Crippen molar-refractivity contribution in [3.8, 4) is 11.6 Å². The summed E-state index contributed by atoms with van der Waals surface area (Å²) in [5, 5.41) is 17.4. The maximum atomic E-state index is 13.8. The minimum Gasteiger partial charge on any atom is -0.458 e. The third-order valence-corrected chi connectivity index (χ3v) is 7.81. The van der Waals surface area contributed by atoms with Crippen LogP contribution in [-0.4, -0.2) is 100 Å². The highest BCUT2D eigenvalue weighted by Crippen LogP contribution is 2.27. The number of amides is 2. The SMILES string of the molecule is Cc1ccc(-c2nnn(CC(=O)N(CCCN3CCOCC3)C(C(=O)NCC3CCCO3)c3cccs3)n2)o1. The first kappa shape index (κ1) is 27.4. The fraction of sp³-hybridized carbons (Fsp3) is 0.577. The van der Waals surface area contributed by atoms with Crippen LogP contribution in [0.5, 0.6) is 0 Å². The molecule has 0 aromatic carbocycles. The van der Waals surface area contributed by atoms with Gasteiger partial charge in [0, 0.05) is 44.2 Å². The van der Waals surface area contributed by atoms with Crippen molar-refractivity contribution in [3.63, 3.8) is 0 Å². The molecule has 2 saturated heterocycles. The Kier molecular flexibility index (Phi) is 9.35. The number of rotatable bonds is 12. The first-order valence-electron chi connectivity index (χ1n) is 13.4. The van der Waals surface area contributed by atoms with Gasteiger partial charge in [0.15, 0.2) is 5.76 Å². The van der Waals surface area contributed by atoms with Crippen LogP contribution in [0, 0.1) is 6.92 Å². The Morgan fingerprint density at radius 2 is 2.10 bits per heavy atom. The molecule has 210 valence electrons. The van der Waals surface area contributed by atoms with Gasteiger partial charge in [0.1, 0.15) is 18.3 Å². The second-order valence-corrected chi connectivity index (χ2v) is 10.7. The lowest BCUT2D eigenvalue weighted by Gasteiger charge is -2.32. The van der Waals surface area contributed by atoms with E-state index >= 15 is 0 Å². The number of hydrogen-bond donors (Lipinski definition) is 1. The molecular weight excluding hydrogens is 522 g/mol. The molecule has 0 radical (unpaired) electrons. The van der Waals surface area contributed by atoms with Gasteiger partial charge in [-0.05, 0) is 55.0 Å². The third kappa shape index (κ3) is 7.29. The van der Waals surface area contributed by atoms with Crippen LogP contribution in [0.2, 0.25) is 0 Å². The molecular formula is C26H35N7O5S. The van der Waals surface area contributed by atoms with Crippen LogP contribution >= 0.6 is 11.3 Å². The molecule has 12 nitrogen and oxygen atoms in total. The summed E-state index contributed by atoms with van der Waals surface area (Å²) in [6.45, 7) is 7.19. The number of carbonyl (C=O) groups is 2. The number of morpholine rings is 1. The van der Waals surface area contributed by atoms with Gasteiger partial charge in [0.05, 0.1) is 19.3 Å². The van der Waals surface area contributed by atoms with E-state index in [1.807, 2.05) is 30.5 Å². The molecule has 39 heavy (non-hydrogen) atoms.